The molecule has 2 saturated carbocycles. The molecule has 104 valence electrons. The highest BCUT2D eigenvalue weighted by molar-refractivity contribution is 7.90. The van der Waals surface area contributed by atoms with Crippen molar-refractivity contribution in [3.63, 3.8) is 0 Å². The van der Waals surface area contributed by atoms with Crippen LogP contribution >= 0.6 is 0 Å². The lowest BCUT2D eigenvalue weighted by Crippen LogP contribution is -2.18. The van der Waals surface area contributed by atoms with Gasteiger partial charge < -0.3 is 0 Å². The van der Waals surface area contributed by atoms with E-state index in [1.807, 2.05) is 19.1 Å². The van der Waals surface area contributed by atoms with Gasteiger partial charge in [-0.1, -0.05) is 13.0 Å². The Morgan fingerprint density at radius 2 is 2.00 bits per heavy atom. The summed E-state index contributed by atoms with van der Waals surface area (Å²) in [6.45, 7) is 2.04. The number of nitrogens with zero attached hydrogens (tertiary/aromatic N) is 1. The van der Waals surface area contributed by atoms with Gasteiger partial charge in [0, 0.05) is 6.20 Å². The molecule has 3 rings (SSSR count). The zero-order chi connectivity index (χ0) is 13.5. The number of aryl methyl sites for hydroxylation is 1. The SMILES string of the molecule is CCc1cccnc1CS(=O)(=O)CC1CC2CC2C1. The molecule has 0 radical (unpaired) electrons. The quantitative estimate of drug-likeness (QED) is 0.832. The molecule has 2 aliphatic rings. The van der Waals surface area contributed by atoms with Crippen LogP contribution in [-0.2, 0) is 22.0 Å². The molecule has 1 aromatic rings. The highest BCUT2D eigenvalue weighted by atomic mass is 32.2. The van der Waals surface area contributed by atoms with Gasteiger partial charge in [-0.25, -0.2) is 8.42 Å². The van der Waals surface area contributed by atoms with E-state index in [0.717, 1.165) is 42.4 Å². The van der Waals surface area contributed by atoms with Crippen LogP contribution in [0.2, 0.25) is 0 Å². The van der Waals surface area contributed by atoms with Crippen molar-refractivity contribution in [3.05, 3.63) is 29.6 Å². The lowest BCUT2D eigenvalue weighted by atomic mass is 10.1. The average molecular weight is 279 g/mol. The van der Waals surface area contributed by atoms with Gasteiger partial charge in [-0.15, -0.1) is 0 Å². The van der Waals surface area contributed by atoms with E-state index in [1.165, 1.54) is 6.42 Å². The Hall–Kier alpha value is -0.900. The summed E-state index contributed by atoms with van der Waals surface area (Å²) in [7, 11) is -3.02. The van der Waals surface area contributed by atoms with Crippen molar-refractivity contribution < 1.29 is 8.42 Å². The van der Waals surface area contributed by atoms with Crippen molar-refractivity contribution in [2.45, 2.75) is 38.4 Å². The summed E-state index contributed by atoms with van der Waals surface area (Å²) in [6.07, 6.45) is 6.14. The standard InChI is InChI=1S/C15H21NO2S/c1-2-12-4-3-5-16-15(12)10-19(17,18)9-11-6-13-8-14(13)7-11/h3-5,11,13-14H,2,6-10H2,1H3. The number of fused-ring (bicyclic) bond motifs is 1. The van der Waals surface area contributed by atoms with Crippen LogP contribution in [0.1, 0.15) is 37.4 Å². The topological polar surface area (TPSA) is 47.0 Å². The van der Waals surface area contributed by atoms with E-state index in [2.05, 4.69) is 4.98 Å². The van der Waals surface area contributed by atoms with E-state index in [9.17, 15) is 8.42 Å². The molecule has 4 heteroatoms. The fourth-order valence-electron chi connectivity index (χ4n) is 3.53. The van der Waals surface area contributed by atoms with E-state index < -0.39 is 9.84 Å². The molecule has 19 heavy (non-hydrogen) atoms. The number of hydrogen-bond donors (Lipinski definition) is 0. The second kappa shape index (κ2) is 4.89. The minimum atomic E-state index is -3.02. The summed E-state index contributed by atoms with van der Waals surface area (Å²) in [4.78, 5) is 4.25. The van der Waals surface area contributed by atoms with Crippen LogP contribution in [0.3, 0.4) is 0 Å². The monoisotopic (exact) mass is 279 g/mol. The third-order valence-corrected chi connectivity index (χ3v) is 6.25. The lowest BCUT2D eigenvalue weighted by Gasteiger charge is -2.13. The lowest BCUT2D eigenvalue weighted by molar-refractivity contribution is 0.517. The largest absolute Gasteiger partial charge is 0.260 e. The first-order valence-electron chi connectivity index (χ1n) is 7.20. The van der Waals surface area contributed by atoms with Gasteiger partial charge in [0.15, 0.2) is 9.84 Å². The number of aromatic nitrogens is 1. The molecule has 2 fully saturated rings. The Bertz CT molecular complexity index is 557. The number of hydrogen-bond acceptors (Lipinski definition) is 3. The van der Waals surface area contributed by atoms with Crippen LogP contribution in [0.15, 0.2) is 18.3 Å². The first-order valence-corrected chi connectivity index (χ1v) is 9.02. The van der Waals surface area contributed by atoms with Crippen molar-refractivity contribution in [1.82, 2.24) is 4.98 Å². The fraction of sp³-hybridized carbons (Fsp3) is 0.667. The van der Waals surface area contributed by atoms with Gasteiger partial charge in [-0.2, -0.15) is 0 Å². The molecular formula is C15H21NO2S. The van der Waals surface area contributed by atoms with E-state index in [1.54, 1.807) is 6.20 Å². The molecule has 2 unspecified atom stereocenters. The van der Waals surface area contributed by atoms with Gasteiger partial charge in [0.25, 0.3) is 0 Å². The first-order chi connectivity index (χ1) is 9.07. The summed E-state index contributed by atoms with van der Waals surface area (Å²) < 4.78 is 24.6. The van der Waals surface area contributed by atoms with E-state index >= 15 is 0 Å². The van der Waals surface area contributed by atoms with E-state index in [4.69, 9.17) is 0 Å². The molecule has 2 atom stereocenters. The van der Waals surface area contributed by atoms with Crippen LogP contribution in [0.5, 0.6) is 0 Å². The maximum absolute atomic E-state index is 12.3. The molecule has 0 aliphatic heterocycles. The number of sulfone groups is 1. The summed E-state index contributed by atoms with van der Waals surface area (Å²) in [5.41, 5.74) is 1.80. The molecule has 0 saturated heterocycles. The van der Waals surface area contributed by atoms with Crippen molar-refractivity contribution in [2.75, 3.05) is 5.75 Å². The van der Waals surface area contributed by atoms with Gasteiger partial charge in [-0.3, -0.25) is 4.98 Å². The molecule has 0 spiro atoms. The fourth-order valence-corrected chi connectivity index (χ4v) is 5.31. The molecule has 0 amide bonds. The Morgan fingerprint density at radius 1 is 1.26 bits per heavy atom. The maximum atomic E-state index is 12.3. The minimum absolute atomic E-state index is 0.114. The molecular weight excluding hydrogens is 258 g/mol. The van der Waals surface area contributed by atoms with Crippen LogP contribution in [0.4, 0.5) is 0 Å². The minimum Gasteiger partial charge on any atom is -0.260 e. The van der Waals surface area contributed by atoms with Crippen molar-refractivity contribution in [2.24, 2.45) is 17.8 Å². The first kappa shape index (κ1) is 13.1. The molecule has 3 nitrogen and oxygen atoms in total. The normalized spacial score (nSPS) is 29.2. The van der Waals surface area contributed by atoms with E-state index in [0.29, 0.717) is 11.7 Å². The van der Waals surface area contributed by atoms with Crippen LogP contribution < -0.4 is 0 Å². The van der Waals surface area contributed by atoms with Gasteiger partial charge in [-0.05, 0) is 55.1 Å². The second-order valence-corrected chi connectivity index (χ2v) is 8.22. The molecule has 0 bridgehead atoms. The van der Waals surface area contributed by atoms with Crippen molar-refractivity contribution >= 4 is 9.84 Å². The molecule has 1 heterocycles. The maximum Gasteiger partial charge on any atom is 0.156 e. The predicted octanol–water partition coefficient (Wildman–Crippen LogP) is 2.60. The van der Waals surface area contributed by atoms with Gasteiger partial charge >= 0.3 is 0 Å². The molecule has 2 aliphatic carbocycles. The van der Waals surface area contributed by atoms with Crippen molar-refractivity contribution in [3.8, 4) is 0 Å². The zero-order valence-corrected chi connectivity index (χ0v) is 12.2. The average Bonchev–Trinajstić information content (AvgIpc) is 2.96. The Balaban J connectivity index is 1.67. The van der Waals surface area contributed by atoms with E-state index in [-0.39, 0.29) is 5.75 Å². The molecule has 1 aromatic heterocycles. The Labute approximate surface area is 115 Å². The Morgan fingerprint density at radius 3 is 2.68 bits per heavy atom. The van der Waals surface area contributed by atoms with Gasteiger partial charge in [0.05, 0.1) is 17.2 Å². The Kier molecular flexibility index (Phi) is 3.37. The number of pyridine rings is 1. The highest BCUT2D eigenvalue weighted by Gasteiger charge is 2.46. The van der Waals surface area contributed by atoms with Crippen LogP contribution in [-0.4, -0.2) is 19.2 Å². The molecule has 0 aromatic carbocycles. The predicted molar refractivity (Wildman–Crippen MR) is 75.4 cm³/mol. The summed E-state index contributed by atoms with van der Waals surface area (Å²) in [6, 6.07) is 3.85. The third kappa shape index (κ3) is 2.99. The summed E-state index contributed by atoms with van der Waals surface area (Å²) >= 11 is 0. The van der Waals surface area contributed by atoms with Crippen LogP contribution in [0.25, 0.3) is 0 Å². The second-order valence-electron chi connectivity index (χ2n) is 6.11. The van der Waals surface area contributed by atoms with Crippen LogP contribution in [0, 0.1) is 17.8 Å². The van der Waals surface area contributed by atoms with Gasteiger partial charge in [0.2, 0.25) is 0 Å². The van der Waals surface area contributed by atoms with Gasteiger partial charge in [0.1, 0.15) is 0 Å². The zero-order valence-electron chi connectivity index (χ0n) is 11.4. The molecule has 0 N–H and O–H groups in total. The summed E-state index contributed by atoms with van der Waals surface area (Å²) in [5, 5.41) is 0. The third-order valence-electron chi connectivity index (χ3n) is 4.55. The van der Waals surface area contributed by atoms with Crippen molar-refractivity contribution in [1.29, 1.82) is 0 Å². The number of rotatable bonds is 5. The highest BCUT2D eigenvalue weighted by Crippen LogP contribution is 2.54. The summed E-state index contributed by atoms with van der Waals surface area (Å²) in [5.74, 6) is 2.58. The smallest absolute Gasteiger partial charge is 0.156 e.